The summed E-state index contributed by atoms with van der Waals surface area (Å²) in [6.07, 6.45) is 1.36. The van der Waals surface area contributed by atoms with Gasteiger partial charge in [0.15, 0.2) is 5.78 Å². The van der Waals surface area contributed by atoms with Crippen LogP contribution in [0.1, 0.15) is 55.5 Å². The van der Waals surface area contributed by atoms with Gasteiger partial charge in [-0.05, 0) is 82.6 Å². The summed E-state index contributed by atoms with van der Waals surface area (Å²) >= 11 is 6.54. The third-order valence-corrected chi connectivity index (χ3v) is 7.76. The van der Waals surface area contributed by atoms with Crippen LogP contribution in [0.3, 0.4) is 0 Å². The average molecular weight is 606 g/mol. The maximum atomic E-state index is 13.5. The topological polar surface area (TPSA) is 84.9 Å². The van der Waals surface area contributed by atoms with Crippen LogP contribution >= 0.6 is 24.0 Å². The minimum absolute atomic E-state index is 0. The van der Waals surface area contributed by atoms with E-state index in [9.17, 15) is 18.8 Å². The standard InChI is InChI=1S/C31H34ClFN2O5.ClH/c1-4-39-30(37)26-19(2)34-20(3)27(28(26)24-7-5-6-8-25(24)32)31(38)40-18-17-35-15-13-22(14-16-35)29(36)21-9-11-23(33)12-10-21;/h5-12,22,28,34H,4,13-18H2,1-3H3;1H. The molecule has 0 spiro atoms. The number of carbonyl (C=O) groups is 3. The van der Waals surface area contributed by atoms with E-state index in [2.05, 4.69) is 10.2 Å². The zero-order chi connectivity index (χ0) is 28.8. The monoisotopic (exact) mass is 604 g/mol. The predicted molar refractivity (Wildman–Crippen MR) is 157 cm³/mol. The average Bonchev–Trinajstić information content (AvgIpc) is 2.93. The van der Waals surface area contributed by atoms with Gasteiger partial charge in [0.05, 0.1) is 23.7 Å². The van der Waals surface area contributed by atoms with E-state index in [1.165, 1.54) is 24.3 Å². The summed E-state index contributed by atoms with van der Waals surface area (Å²) in [7, 11) is 0. The van der Waals surface area contributed by atoms with Crippen molar-refractivity contribution in [3.05, 3.63) is 93.0 Å². The fraction of sp³-hybridized carbons (Fsp3) is 0.387. The highest BCUT2D eigenvalue weighted by molar-refractivity contribution is 6.31. The van der Waals surface area contributed by atoms with Gasteiger partial charge in [-0.15, -0.1) is 12.4 Å². The van der Waals surface area contributed by atoms with Gasteiger partial charge >= 0.3 is 11.9 Å². The molecule has 1 unspecified atom stereocenters. The first-order valence-electron chi connectivity index (χ1n) is 13.5. The molecule has 2 heterocycles. The second kappa shape index (κ2) is 14.6. The van der Waals surface area contributed by atoms with Crippen LogP contribution in [0.2, 0.25) is 5.02 Å². The maximum Gasteiger partial charge on any atom is 0.336 e. The molecule has 1 N–H and O–H groups in total. The summed E-state index contributed by atoms with van der Waals surface area (Å²) in [6, 6.07) is 12.8. The van der Waals surface area contributed by atoms with Crippen molar-refractivity contribution in [1.29, 1.82) is 0 Å². The lowest BCUT2D eigenvalue weighted by molar-refractivity contribution is -0.140. The summed E-state index contributed by atoms with van der Waals surface area (Å²) in [5.74, 6) is -2.24. The summed E-state index contributed by atoms with van der Waals surface area (Å²) in [5.41, 5.74) is 2.95. The SMILES string of the molecule is CCOC(=O)C1=C(C)NC(C)=C(C(=O)OCCN2CCC(C(=O)c3ccc(F)cc3)CC2)C1c1ccccc1Cl.Cl. The van der Waals surface area contributed by atoms with Gasteiger partial charge in [0, 0.05) is 34.4 Å². The smallest absolute Gasteiger partial charge is 0.336 e. The molecule has 1 atom stereocenters. The highest BCUT2D eigenvalue weighted by Gasteiger charge is 2.39. The van der Waals surface area contributed by atoms with Gasteiger partial charge < -0.3 is 14.8 Å². The fourth-order valence-electron chi connectivity index (χ4n) is 5.38. The van der Waals surface area contributed by atoms with E-state index in [1.807, 2.05) is 6.07 Å². The number of likely N-dealkylation sites (tertiary alicyclic amines) is 1. The van der Waals surface area contributed by atoms with E-state index in [0.29, 0.717) is 71.2 Å². The molecule has 7 nitrogen and oxygen atoms in total. The molecule has 2 aromatic rings. The van der Waals surface area contributed by atoms with Crippen molar-refractivity contribution >= 4 is 41.7 Å². The maximum absolute atomic E-state index is 13.5. The van der Waals surface area contributed by atoms with Crippen LogP contribution < -0.4 is 5.32 Å². The number of esters is 2. The summed E-state index contributed by atoms with van der Waals surface area (Å²) in [6.45, 7) is 7.51. The largest absolute Gasteiger partial charge is 0.463 e. The molecule has 1 saturated heterocycles. The molecule has 0 aliphatic carbocycles. The van der Waals surface area contributed by atoms with E-state index in [4.69, 9.17) is 21.1 Å². The molecule has 0 bridgehead atoms. The molecule has 0 radical (unpaired) electrons. The van der Waals surface area contributed by atoms with Crippen LogP contribution in [0, 0.1) is 11.7 Å². The minimum atomic E-state index is -0.741. The van der Waals surface area contributed by atoms with Gasteiger partial charge in [0.2, 0.25) is 0 Å². The molecule has 2 aliphatic heterocycles. The Morgan fingerprint density at radius 2 is 1.54 bits per heavy atom. The van der Waals surface area contributed by atoms with Crippen LogP contribution in [0.15, 0.2) is 71.1 Å². The first-order chi connectivity index (χ1) is 19.2. The van der Waals surface area contributed by atoms with Gasteiger partial charge in [-0.25, -0.2) is 14.0 Å². The van der Waals surface area contributed by atoms with E-state index >= 15 is 0 Å². The quantitative estimate of drug-likeness (QED) is 0.284. The number of halogens is 3. The van der Waals surface area contributed by atoms with Gasteiger partial charge in [0.1, 0.15) is 12.4 Å². The Morgan fingerprint density at radius 1 is 0.951 bits per heavy atom. The number of ether oxygens (including phenoxy) is 2. The number of allylic oxidation sites excluding steroid dienone is 2. The molecular weight excluding hydrogens is 570 g/mol. The number of dihydropyridines is 1. The van der Waals surface area contributed by atoms with Gasteiger partial charge in [-0.1, -0.05) is 29.8 Å². The van der Waals surface area contributed by atoms with Crippen LogP contribution in [0.4, 0.5) is 4.39 Å². The molecule has 41 heavy (non-hydrogen) atoms. The Hall–Kier alpha value is -3.20. The zero-order valence-electron chi connectivity index (χ0n) is 23.4. The first-order valence-corrected chi connectivity index (χ1v) is 13.9. The molecule has 4 rings (SSSR count). The number of benzene rings is 2. The summed E-state index contributed by atoms with van der Waals surface area (Å²) in [4.78, 5) is 41.4. The molecule has 10 heteroatoms. The number of Topliss-reactive ketones (excluding diaryl/α,β-unsaturated/α-hetero) is 1. The van der Waals surface area contributed by atoms with Crippen molar-refractivity contribution < 1.29 is 28.2 Å². The molecular formula is C31H35Cl2FN2O5. The number of rotatable bonds is 9. The van der Waals surface area contributed by atoms with Gasteiger partial charge in [-0.2, -0.15) is 0 Å². The second-order valence-corrected chi connectivity index (χ2v) is 10.4. The third kappa shape index (κ3) is 7.56. The van der Waals surface area contributed by atoms with Crippen molar-refractivity contribution in [3.63, 3.8) is 0 Å². The number of hydrogen-bond acceptors (Lipinski definition) is 7. The van der Waals surface area contributed by atoms with E-state index < -0.39 is 17.9 Å². The molecule has 220 valence electrons. The lowest BCUT2D eigenvalue weighted by Gasteiger charge is -2.32. The minimum Gasteiger partial charge on any atom is -0.463 e. The lowest BCUT2D eigenvalue weighted by Crippen LogP contribution is -2.39. The van der Waals surface area contributed by atoms with Crippen LogP contribution in [-0.2, 0) is 19.1 Å². The van der Waals surface area contributed by atoms with Crippen LogP contribution in [-0.4, -0.2) is 55.5 Å². The zero-order valence-corrected chi connectivity index (χ0v) is 24.9. The Labute approximate surface area is 251 Å². The van der Waals surface area contributed by atoms with Gasteiger partial charge in [-0.3, -0.25) is 9.69 Å². The number of hydrogen-bond donors (Lipinski definition) is 1. The van der Waals surface area contributed by atoms with Crippen LogP contribution in [0.25, 0.3) is 0 Å². The first kappa shape index (κ1) is 32.3. The molecule has 2 aromatic carbocycles. The van der Waals surface area contributed by atoms with Crippen molar-refractivity contribution in [2.45, 2.75) is 39.5 Å². The normalized spacial score (nSPS) is 17.9. The molecule has 2 aliphatic rings. The van der Waals surface area contributed by atoms with Gasteiger partial charge in [0.25, 0.3) is 0 Å². The number of nitrogens with one attached hydrogen (secondary N) is 1. The van der Waals surface area contributed by atoms with Crippen molar-refractivity contribution in [1.82, 2.24) is 10.2 Å². The highest BCUT2D eigenvalue weighted by Crippen LogP contribution is 2.41. The molecule has 0 aromatic heterocycles. The predicted octanol–water partition coefficient (Wildman–Crippen LogP) is 5.84. The summed E-state index contributed by atoms with van der Waals surface area (Å²) in [5, 5.41) is 3.57. The Morgan fingerprint density at radius 3 is 2.12 bits per heavy atom. The van der Waals surface area contributed by atoms with Crippen molar-refractivity contribution in [3.8, 4) is 0 Å². The number of ketones is 1. The van der Waals surface area contributed by atoms with E-state index in [1.54, 1.807) is 39.0 Å². The molecule has 0 saturated carbocycles. The van der Waals surface area contributed by atoms with Crippen molar-refractivity contribution in [2.24, 2.45) is 5.92 Å². The number of nitrogens with zero attached hydrogens (tertiary/aromatic N) is 1. The molecule has 1 fully saturated rings. The van der Waals surface area contributed by atoms with Crippen molar-refractivity contribution in [2.75, 3.05) is 32.8 Å². The lowest BCUT2D eigenvalue weighted by atomic mass is 9.80. The summed E-state index contributed by atoms with van der Waals surface area (Å²) < 4.78 is 24.2. The highest BCUT2D eigenvalue weighted by atomic mass is 35.5. The Bertz CT molecular complexity index is 1330. The number of carbonyl (C=O) groups excluding carboxylic acids is 3. The van der Waals surface area contributed by atoms with E-state index in [0.717, 1.165) is 0 Å². The molecule has 0 amide bonds. The Kier molecular flexibility index (Phi) is 11.5. The number of piperidine rings is 1. The fourth-order valence-corrected chi connectivity index (χ4v) is 5.62. The van der Waals surface area contributed by atoms with Crippen LogP contribution in [0.5, 0.6) is 0 Å². The third-order valence-electron chi connectivity index (χ3n) is 7.42. The second-order valence-electron chi connectivity index (χ2n) is 10.0. The Balaban J connectivity index is 0.00000462. The van der Waals surface area contributed by atoms with E-state index in [-0.39, 0.29) is 43.1 Å².